The van der Waals surface area contributed by atoms with Gasteiger partial charge in [-0.3, -0.25) is 0 Å². The van der Waals surface area contributed by atoms with E-state index in [1.54, 1.807) is 6.92 Å². The molecular weight excluding hydrogens is 79.1 g/mol. The molecule has 0 saturated heterocycles. The number of rotatable bonds is 2. The summed E-state index contributed by atoms with van der Waals surface area (Å²) in [6, 6.07) is 0. The van der Waals surface area contributed by atoms with Crippen LogP contribution in [0.1, 0.15) is 13.3 Å². The summed E-state index contributed by atoms with van der Waals surface area (Å²) in [5.41, 5.74) is 0. The van der Waals surface area contributed by atoms with Crippen LogP contribution >= 0.6 is 0 Å². The van der Waals surface area contributed by atoms with Crippen LogP contribution in [-0.4, -0.2) is 6.17 Å². The van der Waals surface area contributed by atoms with Crippen LogP contribution in [0.3, 0.4) is 0 Å². The molecule has 0 aliphatic rings. The fourth-order valence-electron chi connectivity index (χ4n) is 0.167. The highest BCUT2D eigenvalue weighted by Gasteiger charge is 1.89. The van der Waals surface area contributed by atoms with E-state index in [1.165, 1.54) is 6.08 Å². The summed E-state index contributed by atoms with van der Waals surface area (Å²) in [6.07, 6.45) is 1.05. The van der Waals surface area contributed by atoms with Gasteiger partial charge in [-0.05, 0) is 6.42 Å². The first-order valence-electron chi connectivity index (χ1n) is 2.08. The van der Waals surface area contributed by atoms with E-state index in [9.17, 15) is 4.39 Å². The first-order chi connectivity index (χ1) is 2.81. The molecule has 0 fully saturated rings. The van der Waals surface area contributed by atoms with E-state index >= 15 is 0 Å². The lowest BCUT2D eigenvalue weighted by atomic mass is 10.3. The van der Waals surface area contributed by atoms with Crippen molar-refractivity contribution in [3.63, 3.8) is 0 Å². The van der Waals surface area contributed by atoms with Crippen LogP contribution in [-0.2, 0) is 0 Å². The van der Waals surface area contributed by atoms with Crippen molar-refractivity contribution in [1.82, 2.24) is 0 Å². The molecule has 36 valence electrons. The second kappa shape index (κ2) is 2.88. The van der Waals surface area contributed by atoms with E-state index in [1.807, 2.05) is 0 Å². The quantitative estimate of drug-likeness (QED) is 0.452. The SMILES string of the molecule is C=C[C@H](F)CC. The molecule has 0 unspecified atom stereocenters. The molecule has 0 aliphatic carbocycles. The number of hydrogen-bond acceptors (Lipinski definition) is 0. The molecule has 0 radical (unpaired) electrons. The Labute approximate surface area is 37.7 Å². The van der Waals surface area contributed by atoms with Gasteiger partial charge in [0.05, 0.1) is 0 Å². The molecule has 0 N–H and O–H groups in total. The summed E-state index contributed by atoms with van der Waals surface area (Å²) in [5, 5.41) is 0. The fraction of sp³-hybridized carbons (Fsp3) is 0.600. The first kappa shape index (κ1) is 5.67. The molecule has 0 aliphatic heterocycles. The summed E-state index contributed by atoms with van der Waals surface area (Å²) < 4.78 is 11.7. The zero-order chi connectivity index (χ0) is 4.99. The Morgan fingerprint density at radius 1 is 2.00 bits per heavy atom. The van der Waals surface area contributed by atoms with Gasteiger partial charge in [0.25, 0.3) is 0 Å². The van der Waals surface area contributed by atoms with Crippen molar-refractivity contribution < 1.29 is 4.39 Å². The van der Waals surface area contributed by atoms with Gasteiger partial charge in [0.1, 0.15) is 6.17 Å². The smallest absolute Gasteiger partial charge is 0.118 e. The molecule has 1 heteroatoms. The highest BCUT2D eigenvalue weighted by molar-refractivity contribution is 4.76. The maximum Gasteiger partial charge on any atom is 0.118 e. The maximum atomic E-state index is 11.7. The van der Waals surface area contributed by atoms with Crippen molar-refractivity contribution in [3.8, 4) is 0 Å². The number of allylic oxidation sites excluding steroid dienone is 1. The minimum Gasteiger partial charge on any atom is -0.243 e. The Balaban J connectivity index is 2.96. The maximum absolute atomic E-state index is 11.7. The highest BCUT2D eigenvalue weighted by atomic mass is 19.1. The summed E-state index contributed by atoms with van der Waals surface area (Å²) >= 11 is 0. The van der Waals surface area contributed by atoms with E-state index in [0.717, 1.165) is 0 Å². The average molecular weight is 88.1 g/mol. The Bertz CT molecular complexity index is 41.2. The third-order valence-electron chi connectivity index (χ3n) is 0.646. The second-order valence-electron chi connectivity index (χ2n) is 1.16. The third-order valence-corrected chi connectivity index (χ3v) is 0.646. The molecular formula is C5H9F. The van der Waals surface area contributed by atoms with Gasteiger partial charge in [0.15, 0.2) is 0 Å². The molecule has 0 heterocycles. The predicted molar refractivity (Wildman–Crippen MR) is 25.4 cm³/mol. The van der Waals surface area contributed by atoms with E-state index in [4.69, 9.17) is 0 Å². The summed E-state index contributed by atoms with van der Waals surface area (Å²) in [4.78, 5) is 0. The van der Waals surface area contributed by atoms with Crippen molar-refractivity contribution in [2.75, 3.05) is 0 Å². The van der Waals surface area contributed by atoms with Crippen molar-refractivity contribution in [2.45, 2.75) is 19.5 Å². The summed E-state index contributed by atoms with van der Waals surface area (Å²) in [7, 11) is 0. The van der Waals surface area contributed by atoms with Crippen LogP contribution in [0.5, 0.6) is 0 Å². The van der Waals surface area contributed by atoms with Gasteiger partial charge < -0.3 is 0 Å². The number of hydrogen-bond donors (Lipinski definition) is 0. The lowest BCUT2D eigenvalue weighted by Crippen LogP contribution is -1.87. The van der Waals surface area contributed by atoms with E-state index < -0.39 is 6.17 Å². The van der Waals surface area contributed by atoms with Crippen LogP contribution in [0, 0.1) is 0 Å². The van der Waals surface area contributed by atoms with Gasteiger partial charge in [-0.1, -0.05) is 13.0 Å². The monoisotopic (exact) mass is 88.1 g/mol. The van der Waals surface area contributed by atoms with Gasteiger partial charge in [-0.15, -0.1) is 6.58 Å². The predicted octanol–water partition coefficient (Wildman–Crippen LogP) is 1.92. The number of halogens is 1. The Kier molecular flexibility index (Phi) is 2.73. The number of alkyl halides is 1. The molecule has 0 saturated carbocycles. The summed E-state index contributed by atoms with van der Waals surface area (Å²) in [6.45, 7) is 5.04. The van der Waals surface area contributed by atoms with Crippen molar-refractivity contribution in [3.05, 3.63) is 12.7 Å². The molecule has 0 aromatic heterocycles. The molecule has 0 nitrogen and oxygen atoms in total. The highest BCUT2D eigenvalue weighted by Crippen LogP contribution is 1.94. The Morgan fingerprint density at radius 2 is 2.50 bits per heavy atom. The Morgan fingerprint density at radius 3 is 2.50 bits per heavy atom. The zero-order valence-corrected chi connectivity index (χ0v) is 3.95. The second-order valence-corrected chi connectivity index (χ2v) is 1.16. The van der Waals surface area contributed by atoms with Crippen molar-refractivity contribution in [2.24, 2.45) is 0 Å². The molecule has 1 atom stereocenters. The van der Waals surface area contributed by atoms with Crippen molar-refractivity contribution in [1.29, 1.82) is 0 Å². The zero-order valence-electron chi connectivity index (χ0n) is 3.95. The first-order valence-corrected chi connectivity index (χ1v) is 2.08. The molecule has 0 rings (SSSR count). The van der Waals surface area contributed by atoms with Crippen LogP contribution < -0.4 is 0 Å². The van der Waals surface area contributed by atoms with Gasteiger partial charge in [-0.25, -0.2) is 4.39 Å². The minimum absolute atomic E-state index is 0.545. The molecule has 0 amide bonds. The topological polar surface area (TPSA) is 0 Å². The van der Waals surface area contributed by atoms with E-state index in [-0.39, 0.29) is 0 Å². The molecule has 0 aromatic carbocycles. The standard InChI is InChI=1S/C5H9F/c1-3-5(6)4-2/h3,5H,1,4H2,2H3/t5-/m0/s1. The minimum atomic E-state index is -0.801. The molecule has 6 heavy (non-hydrogen) atoms. The summed E-state index contributed by atoms with van der Waals surface area (Å²) in [5.74, 6) is 0. The molecule has 0 spiro atoms. The van der Waals surface area contributed by atoms with Crippen molar-refractivity contribution >= 4 is 0 Å². The molecule has 0 aromatic rings. The normalized spacial score (nSPS) is 13.7. The van der Waals surface area contributed by atoms with Gasteiger partial charge in [0, 0.05) is 0 Å². The van der Waals surface area contributed by atoms with Crippen LogP contribution in [0.15, 0.2) is 12.7 Å². The third kappa shape index (κ3) is 1.94. The lowest BCUT2D eigenvalue weighted by Gasteiger charge is -1.89. The van der Waals surface area contributed by atoms with Gasteiger partial charge in [-0.2, -0.15) is 0 Å². The molecule has 0 bridgehead atoms. The van der Waals surface area contributed by atoms with E-state index in [0.29, 0.717) is 6.42 Å². The van der Waals surface area contributed by atoms with Gasteiger partial charge in [0.2, 0.25) is 0 Å². The van der Waals surface area contributed by atoms with Crippen LogP contribution in [0.25, 0.3) is 0 Å². The van der Waals surface area contributed by atoms with Crippen LogP contribution in [0.2, 0.25) is 0 Å². The van der Waals surface area contributed by atoms with Crippen LogP contribution in [0.4, 0.5) is 4.39 Å². The Hall–Kier alpha value is -0.330. The lowest BCUT2D eigenvalue weighted by molar-refractivity contribution is 0.391. The van der Waals surface area contributed by atoms with E-state index in [2.05, 4.69) is 6.58 Å². The fourth-order valence-corrected chi connectivity index (χ4v) is 0.167. The largest absolute Gasteiger partial charge is 0.243 e. The van der Waals surface area contributed by atoms with Gasteiger partial charge >= 0.3 is 0 Å². The average Bonchev–Trinajstić information content (AvgIpc) is 1.65.